The van der Waals surface area contributed by atoms with E-state index in [1.54, 1.807) is 0 Å². The molecule has 0 aliphatic carbocycles. The minimum Gasteiger partial charge on any atom is -0.393 e. The lowest BCUT2D eigenvalue weighted by atomic mass is 9.82. The average Bonchev–Trinajstić information content (AvgIpc) is 2.02. The summed E-state index contributed by atoms with van der Waals surface area (Å²) in [5, 5.41) is 9.16. The van der Waals surface area contributed by atoms with E-state index in [-0.39, 0.29) is 6.10 Å². The predicted octanol–water partition coefficient (Wildman–Crippen LogP) is 1.88. The molecule has 1 rings (SSSR count). The Hall–Kier alpha value is -0.0800. The van der Waals surface area contributed by atoms with Crippen molar-refractivity contribution < 1.29 is 5.11 Å². The van der Waals surface area contributed by atoms with Crippen LogP contribution in [0.25, 0.3) is 0 Å². The third-order valence-electron chi connectivity index (χ3n) is 3.07. The summed E-state index contributed by atoms with van der Waals surface area (Å²) in [6.07, 6.45) is 3.37. The van der Waals surface area contributed by atoms with Crippen LogP contribution < -0.4 is 0 Å². The van der Waals surface area contributed by atoms with Gasteiger partial charge >= 0.3 is 0 Å². The maximum Gasteiger partial charge on any atom is 0.0524 e. The van der Waals surface area contributed by atoms with E-state index in [2.05, 4.69) is 18.7 Å². The molecular formula is C11H23NO. The van der Waals surface area contributed by atoms with Gasteiger partial charge in [0.15, 0.2) is 0 Å². The van der Waals surface area contributed by atoms with Crippen molar-refractivity contribution >= 4 is 0 Å². The fraction of sp³-hybridized carbons (Fsp3) is 1.00. The topological polar surface area (TPSA) is 23.5 Å². The second kappa shape index (κ2) is 4.43. The van der Waals surface area contributed by atoms with Gasteiger partial charge in [0.2, 0.25) is 0 Å². The normalized spacial score (nSPS) is 25.8. The number of rotatable bonds is 3. The summed E-state index contributed by atoms with van der Waals surface area (Å²) in [6, 6.07) is 0. The molecular weight excluding hydrogens is 162 g/mol. The zero-order chi connectivity index (χ0) is 9.90. The largest absolute Gasteiger partial charge is 0.393 e. The third-order valence-corrected chi connectivity index (χ3v) is 3.07. The van der Waals surface area contributed by atoms with Gasteiger partial charge in [0.05, 0.1) is 6.10 Å². The van der Waals surface area contributed by atoms with E-state index in [0.717, 1.165) is 13.0 Å². The number of aliphatic hydroxyl groups is 1. The van der Waals surface area contributed by atoms with Crippen molar-refractivity contribution in [3.63, 3.8) is 0 Å². The number of piperidine rings is 1. The smallest absolute Gasteiger partial charge is 0.0524 e. The molecule has 2 heteroatoms. The average molecular weight is 185 g/mol. The van der Waals surface area contributed by atoms with Crippen molar-refractivity contribution in [1.29, 1.82) is 0 Å². The van der Waals surface area contributed by atoms with E-state index < -0.39 is 0 Å². The van der Waals surface area contributed by atoms with E-state index in [9.17, 15) is 0 Å². The number of likely N-dealkylation sites (tertiary alicyclic amines) is 1. The van der Waals surface area contributed by atoms with Crippen LogP contribution in [0.1, 0.15) is 40.0 Å². The first kappa shape index (κ1) is 11.0. The van der Waals surface area contributed by atoms with Crippen LogP contribution in [-0.2, 0) is 0 Å². The molecule has 1 heterocycles. The minimum absolute atomic E-state index is 0.144. The Morgan fingerprint density at radius 3 is 2.31 bits per heavy atom. The molecule has 0 spiro atoms. The standard InChI is InChI=1S/C11H23NO/c1-10(13)4-7-12-8-5-11(2,3)6-9-12/h10,13H,4-9H2,1-3H3. The quantitative estimate of drug-likeness (QED) is 0.725. The number of aliphatic hydroxyl groups excluding tert-OH is 1. The summed E-state index contributed by atoms with van der Waals surface area (Å²) in [6.45, 7) is 10.0. The SMILES string of the molecule is CC(O)CCN1CCC(C)(C)CC1. The Balaban J connectivity index is 2.18. The van der Waals surface area contributed by atoms with Gasteiger partial charge in [-0.25, -0.2) is 0 Å². The van der Waals surface area contributed by atoms with Gasteiger partial charge in [0.1, 0.15) is 0 Å². The zero-order valence-electron chi connectivity index (χ0n) is 9.21. The molecule has 0 saturated carbocycles. The van der Waals surface area contributed by atoms with Crippen LogP contribution >= 0.6 is 0 Å². The van der Waals surface area contributed by atoms with E-state index in [0.29, 0.717) is 5.41 Å². The zero-order valence-corrected chi connectivity index (χ0v) is 9.21. The molecule has 13 heavy (non-hydrogen) atoms. The van der Waals surface area contributed by atoms with E-state index in [1.807, 2.05) is 6.92 Å². The van der Waals surface area contributed by atoms with Crippen LogP contribution in [0.3, 0.4) is 0 Å². The highest BCUT2D eigenvalue weighted by Gasteiger charge is 2.24. The highest BCUT2D eigenvalue weighted by atomic mass is 16.3. The maximum absolute atomic E-state index is 9.16. The minimum atomic E-state index is -0.144. The van der Waals surface area contributed by atoms with Crippen LogP contribution in [0.4, 0.5) is 0 Å². The molecule has 0 bridgehead atoms. The lowest BCUT2D eigenvalue weighted by Crippen LogP contribution is -2.38. The van der Waals surface area contributed by atoms with Gasteiger partial charge in [-0.05, 0) is 44.7 Å². The first-order valence-electron chi connectivity index (χ1n) is 5.40. The van der Waals surface area contributed by atoms with Crippen molar-refractivity contribution in [2.75, 3.05) is 19.6 Å². The second-order valence-electron chi connectivity index (χ2n) is 5.14. The van der Waals surface area contributed by atoms with Crippen LogP contribution in [-0.4, -0.2) is 35.7 Å². The van der Waals surface area contributed by atoms with E-state index >= 15 is 0 Å². The molecule has 1 unspecified atom stereocenters. The van der Waals surface area contributed by atoms with Gasteiger partial charge in [0, 0.05) is 6.54 Å². The first-order valence-corrected chi connectivity index (χ1v) is 5.40. The summed E-state index contributed by atoms with van der Waals surface area (Å²) in [7, 11) is 0. The van der Waals surface area contributed by atoms with Gasteiger partial charge in [-0.1, -0.05) is 13.8 Å². The van der Waals surface area contributed by atoms with Crippen molar-refractivity contribution in [3.8, 4) is 0 Å². The molecule has 0 amide bonds. The Labute approximate surface area is 81.9 Å². The number of hydrogen-bond donors (Lipinski definition) is 1. The van der Waals surface area contributed by atoms with Gasteiger partial charge in [-0.2, -0.15) is 0 Å². The highest BCUT2D eigenvalue weighted by molar-refractivity contribution is 4.78. The summed E-state index contributed by atoms with van der Waals surface area (Å²) in [5.41, 5.74) is 0.543. The molecule has 1 aliphatic rings. The van der Waals surface area contributed by atoms with Crippen molar-refractivity contribution in [2.24, 2.45) is 5.41 Å². The fourth-order valence-corrected chi connectivity index (χ4v) is 1.75. The summed E-state index contributed by atoms with van der Waals surface area (Å²) in [5.74, 6) is 0. The van der Waals surface area contributed by atoms with Gasteiger partial charge in [-0.15, -0.1) is 0 Å². The molecule has 1 N–H and O–H groups in total. The first-order chi connectivity index (χ1) is 5.99. The van der Waals surface area contributed by atoms with E-state index in [1.165, 1.54) is 25.9 Å². The molecule has 1 atom stereocenters. The summed E-state index contributed by atoms with van der Waals surface area (Å²) in [4.78, 5) is 2.47. The molecule has 1 fully saturated rings. The summed E-state index contributed by atoms with van der Waals surface area (Å²) >= 11 is 0. The monoisotopic (exact) mass is 185 g/mol. The van der Waals surface area contributed by atoms with Crippen LogP contribution in [0.15, 0.2) is 0 Å². The second-order valence-corrected chi connectivity index (χ2v) is 5.14. The molecule has 0 radical (unpaired) electrons. The number of hydrogen-bond acceptors (Lipinski definition) is 2. The molecule has 1 aliphatic heterocycles. The fourth-order valence-electron chi connectivity index (χ4n) is 1.75. The van der Waals surface area contributed by atoms with E-state index in [4.69, 9.17) is 5.11 Å². The highest BCUT2D eigenvalue weighted by Crippen LogP contribution is 2.29. The van der Waals surface area contributed by atoms with Crippen LogP contribution in [0.5, 0.6) is 0 Å². The Bertz CT molecular complexity index is 141. The Kier molecular flexibility index (Phi) is 3.74. The third kappa shape index (κ3) is 4.10. The molecule has 0 aromatic heterocycles. The lowest BCUT2D eigenvalue weighted by Gasteiger charge is -2.37. The molecule has 1 saturated heterocycles. The van der Waals surface area contributed by atoms with Gasteiger partial charge in [-0.3, -0.25) is 0 Å². The van der Waals surface area contributed by atoms with Crippen LogP contribution in [0.2, 0.25) is 0 Å². The molecule has 78 valence electrons. The summed E-state index contributed by atoms with van der Waals surface area (Å²) < 4.78 is 0. The van der Waals surface area contributed by atoms with Gasteiger partial charge in [0.25, 0.3) is 0 Å². The van der Waals surface area contributed by atoms with Crippen molar-refractivity contribution in [1.82, 2.24) is 4.90 Å². The molecule has 0 aromatic carbocycles. The Morgan fingerprint density at radius 2 is 1.85 bits per heavy atom. The van der Waals surface area contributed by atoms with Gasteiger partial charge < -0.3 is 10.0 Å². The number of nitrogens with zero attached hydrogens (tertiary/aromatic N) is 1. The predicted molar refractivity (Wildman–Crippen MR) is 55.8 cm³/mol. The lowest BCUT2D eigenvalue weighted by molar-refractivity contribution is 0.107. The van der Waals surface area contributed by atoms with Crippen LogP contribution in [0, 0.1) is 5.41 Å². The maximum atomic E-state index is 9.16. The van der Waals surface area contributed by atoms with Crippen molar-refractivity contribution in [3.05, 3.63) is 0 Å². The molecule has 0 aromatic rings. The molecule has 2 nitrogen and oxygen atoms in total. The Morgan fingerprint density at radius 1 is 1.31 bits per heavy atom. The van der Waals surface area contributed by atoms with Crippen molar-refractivity contribution in [2.45, 2.75) is 46.1 Å².